The zero-order chi connectivity index (χ0) is 27.4. The Balaban J connectivity index is 1.45. The average Bonchev–Trinajstić information content (AvgIpc) is 3.63. The van der Waals surface area contributed by atoms with Crippen molar-refractivity contribution >= 4 is 22.8 Å². The monoisotopic (exact) mass is 522 g/mol. The van der Waals surface area contributed by atoms with Crippen LogP contribution in [0.5, 0.6) is 0 Å². The van der Waals surface area contributed by atoms with Crippen molar-refractivity contribution in [1.29, 1.82) is 0 Å². The molecule has 0 radical (unpaired) electrons. The minimum absolute atomic E-state index is 0.0683. The number of carbonyl (C=O) groups is 1. The summed E-state index contributed by atoms with van der Waals surface area (Å²) in [5, 5.41) is 1.08. The number of carbonyl (C=O) groups excluding carboxylic acids is 1. The molecule has 2 aromatic heterocycles. The summed E-state index contributed by atoms with van der Waals surface area (Å²) in [6.45, 7) is 6.21. The third-order valence-electron chi connectivity index (χ3n) is 8.35. The maximum Gasteiger partial charge on any atom is 0.335 e. The van der Waals surface area contributed by atoms with E-state index in [1.165, 1.54) is 0 Å². The topological polar surface area (TPSA) is 43.1 Å². The molecule has 0 bridgehead atoms. The van der Waals surface area contributed by atoms with Gasteiger partial charge in [0, 0.05) is 5.39 Å². The lowest BCUT2D eigenvalue weighted by atomic mass is 9.76. The number of amides is 1. The van der Waals surface area contributed by atoms with Crippen LogP contribution in [0, 0.1) is 13.8 Å². The van der Waals surface area contributed by atoms with Gasteiger partial charge in [-0.25, -0.2) is 9.78 Å². The standard InChI is InChI=1S/C35H30N4O/c1-24-19-20-27-22-31-25(2)38(34(40)39(31)32(27)21-24)33-26(3)37(23-36-33)35(28-13-7-4-8-14-28,29-15-9-5-10-16-29)30-17-11-6-12-18-30/h4-23,25H,1-3H3. The molecule has 0 spiro atoms. The first-order chi connectivity index (χ1) is 19.5. The number of hydrogen-bond acceptors (Lipinski definition) is 2. The van der Waals surface area contributed by atoms with Gasteiger partial charge in [0.15, 0.2) is 5.82 Å². The number of aromatic nitrogens is 3. The Morgan fingerprint density at radius 2 is 1.27 bits per heavy atom. The number of benzene rings is 4. The minimum Gasteiger partial charge on any atom is -0.314 e. The molecule has 1 aliphatic rings. The molecule has 3 heterocycles. The first-order valence-corrected chi connectivity index (χ1v) is 13.7. The van der Waals surface area contributed by atoms with Crippen molar-refractivity contribution in [2.45, 2.75) is 32.4 Å². The molecular formula is C35H30N4O. The van der Waals surface area contributed by atoms with Crippen molar-refractivity contribution in [2.24, 2.45) is 0 Å². The second kappa shape index (κ2) is 9.09. The first kappa shape index (κ1) is 24.2. The maximum absolute atomic E-state index is 14.1. The highest BCUT2D eigenvalue weighted by Crippen LogP contribution is 2.45. The molecule has 1 amide bonds. The average molecular weight is 523 g/mol. The van der Waals surface area contributed by atoms with Crippen molar-refractivity contribution < 1.29 is 4.79 Å². The molecule has 7 rings (SSSR count). The van der Waals surface area contributed by atoms with Crippen LogP contribution < -0.4 is 4.90 Å². The summed E-state index contributed by atoms with van der Waals surface area (Å²) >= 11 is 0. The number of hydrogen-bond donors (Lipinski definition) is 0. The van der Waals surface area contributed by atoms with Crippen LogP contribution in [0.1, 0.15) is 46.6 Å². The zero-order valence-electron chi connectivity index (χ0n) is 22.8. The lowest BCUT2D eigenvalue weighted by molar-refractivity contribution is 0.250. The smallest absolute Gasteiger partial charge is 0.314 e. The number of aryl methyl sites for hydroxylation is 1. The predicted molar refractivity (Wildman–Crippen MR) is 160 cm³/mol. The van der Waals surface area contributed by atoms with Gasteiger partial charge in [-0.3, -0.25) is 9.47 Å². The highest BCUT2D eigenvalue weighted by Gasteiger charge is 2.43. The molecule has 0 saturated heterocycles. The predicted octanol–water partition coefficient (Wildman–Crippen LogP) is 7.84. The molecule has 5 nitrogen and oxygen atoms in total. The van der Waals surface area contributed by atoms with Crippen LogP contribution in [-0.2, 0) is 5.54 Å². The summed E-state index contributed by atoms with van der Waals surface area (Å²) in [5.41, 5.74) is 6.64. The molecule has 1 unspecified atom stereocenters. The fourth-order valence-electron chi connectivity index (χ4n) is 6.46. The quantitative estimate of drug-likeness (QED) is 0.216. The van der Waals surface area contributed by atoms with Gasteiger partial charge < -0.3 is 4.57 Å². The van der Waals surface area contributed by atoms with Crippen LogP contribution in [0.15, 0.2) is 122 Å². The Bertz CT molecular complexity index is 1760. The van der Waals surface area contributed by atoms with Gasteiger partial charge in [0.2, 0.25) is 0 Å². The lowest BCUT2D eigenvalue weighted by Crippen LogP contribution is -2.38. The fraction of sp³-hybridized carbons (Fsp3) is 0.143. The Morgan fingerprint density at radius 1 is 0.725 bits per heavy atom. The molecule has 4 aromatic carbocycles. The number of rotatable bonds is 5. The van der Waals surface area contributed by atoms with E-state index < -0.39 is 5.54 Å². The molecule has 6 aromatic rings. The second-order valence-electron chi connectivity index (χ2n) is 10.6. The van der Waals surface area contributed by atoms with Crippen LogP contribution >= 0.6 is 0 Å². The molecule has 40 heavy (non-hydrogen) atoms. The summed E-state index contributed by atoms with van der Waals surface area (Å²) in [4.78, 5) is 20.9. The fourth-order valence-corrected chi connectivity index (χ4v) is 6.46. The van der Waals surface area contributed by atoms with E-state index in [-0.39, 0.29) is 12.1 Å². The summed E-state index contributed by atoms with van der Waals surface area (Å²) < 4.78 is 4.09. The number of imidazole rings is 1. The van der Waals surface area contributed by atoms with Crippen LogP contribution in [0.3, 0.4) is 0 Å². The Kier molecular flexibility index (Phi) is 5.49. The SMILES string of the molecule is Cc1ccc2cc3n(c2c1)C(=O)N(c1ncn(C(c2ccccc2)(c2ccccc2)c2ccccc2)c1C)C3C. The van der Waals surface area contributed by atoms with E-state index >= 15 is 0 Å². The van der Waals surface area contributed by atoms with Crippen molar-refractivity contribution in [2.75, 3.05) is 4.90 Å². The molecule has 1 aliphatic heterocycles. The van der Waals surface area contributed by atoms with Gasteiger partial charge >= 0.3 is 6.03 Å². The second-order valence-corrected chi connectivity index (χ2v) is 10.6. The van der Waals surface area contributed by atoms with E-state index in [9.17, 15) is 4.79 Å². The summed E-state index contributed by atoms with van der Waals surface area (Å²) in [5.74, 6) is 0.675. The van der Waals surface area contributed by atoms with E-state index in [2.05, 4.69) is 122 Å². The molecule has 0 N–H and O–H groups in total. The van der Waals surface area contributed by atoms with Crippen molar-refractivity contribution in [3.05, 3.63) is 155 Å². The maximum atomic E-state index is 14.1. The normalized spacial score (nSPS) is 15.1. The highest BCUT2D eigenvalue weighted by atomic mass is 16.2. The third kappa shape index (κ3) is 3.34. The first-order valence-electron chi connectivity index (χ1n) is 13.7. The lowest BCUT2D eigenvalue weighted by Gasteiger charge is -2.38. The molecule has 0 saturated carbocycles. The van der Waals surface area contributed by atoms with Crippen molar-refractivity contribution in [1.82, 2.24) is 14.1 Å². The summed E-state index contributed by atoms with van der Waals surface area (Å²) in [6.07, 6.45) is 1.90. The molecule has 0 aliphatic carbocycles. The molecule has 196 valence electrons. The third-order valence-corrected chi connectivity index (χ3v) is 8.35. The van der Waals surface area contributed by atoms with Crippen LogP contribution in [0.2, 0.25) is 0 Å². The van der Waals surface area contributed by atoms with Crippen molar-refractivity contribution in [3.63, 3.8) is 0 Å². The molecule has 5 heteroatoms. The van der Waals surface area contributed by atoms with E-state index in [4.69, 9.17) is 4.98 Å². The van der Waals surface area contributed by atoms with E-state index in [1.54, 1.807) is 0 Å². The van der Waals surface area contributed by atoms with Crippen LogP contribution in [0.25, 0.3) is 10.9 Å². The Morgan fingerprint density at radius 3 is 1.82 bits per heavy atom. The molecule has 0 fully saturated rings. The minimum atomic E-state index is -0.690. The van der Waals surface area contributed by atoms with Crippen LogP contribution in [-0.4, -0.2) is 20.1 Å². The Hall–Kier alpha value is -4.90. The van der Waals surface area contributed by atoms with Gasteiger partial charge in [0.05, 0.1) is 29.3 Å². The zero-order valence-corrected chi connectivity index (χ0v) is 22.8. The Labute approximate surface area is 234 Å². The highest BCUT2D eigenvalue weighted by molar-refractivity contribution is 6.04. The van der Waals surface area contributed by atoms with E-state index in [0.717, 1.165) is 44.5 Å². The van der Waals surface area contributed by atoms with Gasteiger partial charge in [-0.2, -0.15) is 0 Å². The van der Waals surface area contributed by atoms with Crippen LogP contribution in [0.4, 0.5) is 10.6 Å². The number of nitrogens with zero attached hydrogens (tertiary/aromatic N) is 4. The number of fused-ring (bicyclic) bond motifs is 3. The summed E-state index contributed by atoms with van der Waals surface area (Å²) in [6, 6.07) is 39.8. The van der Waals surface area contributed by atoms with Gasteiger partial charge in [0.1, 0.15) is 5.54 Å². The van der Waals surface area contributed by atoms with Gasteiger partial charge in [0.25, 0.3) is 0 Å². The van der Waals surface area contributed by atoms with E-state index in [1.807, 2.05) is 34.0 Å². The molecular weight excluding hydrogens is 492 g/mol. The van der Waals surface area contributed by atoms with Gasteiger partial charge in [-0.1, -0.05) is 103 Å². The van der Waals surface area contributed by atoms with E-state index in [0.29, 0.717) is 5.82 Å². The molecule has 1 atom stereocenters. The van der Waals surface area contributed by atoms with Gasteiger partial charge in [-0.05, 0) is 55.2 Å². The summed E-state index contributed by atoms with van der Waals surface area (Å²) in [7, 11) is 0. The number of anilines is 1. The van der Waals surface area contributed by atoms with Gasteiger partial charge in [-0.15, -0.1) is 0 Å². The largest absolute Gasteiger partial charge is 0.335 e. The van der Waals surface area contributed by atoms with Crippen molar-refractivity contribution in [3.8, 4) is 0 Å².